The minimum Gasteiger partial charge on any atom is -0.129 e. The van der Waals surface area contributed by atoms with Gasteiger partial charge in [0.2, 0.25) is 0 Å². The first-order valence-electron chi connectivity index (χ1n) is 2.50. The average Bonchev–Trinajstić information content (AvgIpc) is 1.64. The van der Waals surface area contributed by atoms with Crippen LogP contribution < -0.4 is 0 Å². The van der Waals surface area contributed by atoms with Crippen LogP contribution in [0.5, 0.6) is 0 Å². The van der Waals surface area contributed by atoms with Gasteiger partial charge in [-0.15, -0.1) is 30.6 Å². The highest BCUT2D eigenvalue weighted by Crippen LogP contribution is 2.20. The van der Waals surface area contributed by atoms with Gasteiger partial charge in [0.25, 0.3) is 0 Å². The summed E-state index contributed by atoms with van der Waals surface area (Å²) in [6.07, 6.45) is 0. The Labute approximate surface area is 71.6 Å². The molecule has 44 valence electrons. The minimum atomic E-state index is -0.0185. The van der Waals surface area contributed by atoms with Crippen molar-refractivity contribution < 1.29 is 0 Å². The maximum Gasteiger partial charge on any atom is 0.130 e. The minimum absolute atomic E-state index is 0.0185. The second-order valence-electron chi connectivity index (χ2n) is 1.81. The molecule has 1 fully saturated rings. The quantitative estimate of drug-likeness (QED) is 0.471. The van der Waals surface area contributed by atoms with Crippen molar-refractivity contribution in [3.63, 3.8) is 0 Å². The maximum atomic E-state index is 3.73. The lowest BCUT2D eigenvalue weighted by Gasteiger charge is -2.15. The van der Waals surface area contributed by atoms with E-state index in [2.05, 4.69) is 30.6 Å². The van der Waals surface area contributed by atoms with Crippen LogP contribution in [0.1, 0.15) is 0 Å². The Morgan fingerprint density at radius 2 is 1.62 bits per heavy atom. The summed E-state index contributed by atoms with van der Waals surface area (Å²) in [6, 6.07) is 0. The van der Waals surface area contributed by atoms with Gasteiger partial charge in [0.15, 0.2) is 0 Å². The maximum absolute atomic E-state index is 3.73. The Morgan fingerprint density at radius 1 is 1.12 bits per heavy atom. The molecule has 4 radical (unpaired) electrons. The number of hydrogen-bond donors (Lipinski definition) is 0. The summed E-state index contributed by atoms with van der Waals surface area (Å²) in [5.74, 6) is 0. The molecule has 0 spiro atoms. The summed E-state index contributed by atoms with van der Waals surface area (Å²) in [4.78, 5) is 0. The topological polar surface area (TPSA) is 0 Å². The van der Waals surface area contributed by atoms with E-state index in [1.54, 1.807) is 0 Å². The van der Waals surface area contributed by atoms with Gasteiger partial charge < -0.3 is 0 Å². The first-order valence-corrected chi connectivity index (χ1v) is 12.3. The highest BCUT2D eigenvalue weighted by Gasteiger charge is 2.20. The molecule has 1 heterocycles. The van der Waals surface area contributed by atoms with E-state index >= 15 is 0 Å². The van der Waals surface area contributed by atoms with Gasteiger partial charge in [-0.2, -0.15) is 0 Å². The Hall–Kier alpha value is 1.61. The van der Waals surface area contributed by atoms with Crippen molar-refractivity contribution in [1.29, 1.82) is 0 Å². The largest absolute Gasteiger partial charge is 0.130 e. The molecule has 1 aliphatic heterocycles. The lowest BCUT2D eigenvalue weighted by molar-refractivity contribution is 1.69. The van der Waals surface area contributed by atoms with E-state index in [-0.39, 0.29) is 14.8 Å². The molecule has 0 N–H and O–H groups in total. The molecule has 0 nitrogen and oxygen atoms in total. The van der Waals surface area contributed by atoms with E-state index in [1.165, 1.54) is 26.5 Å². The molecule has 0 aromatic heterocycles. The molecule has 0 aromatic rings. The van der Waals surface area contributed by atoms with E-state index < -0.39 is 0 Å². The van der Waals surface area contributed by atoms with E-state index in [0.717, 1.165) is 0 Å². The zero-order valence-corrected chi connectivity index (χ0v) is 10.5. The molecule has 1 aliphatic rings. The molecule has 8 heavy (non-hydrogen) atoms. The lowest BCUT2D eigenvalue weighted by Crippen LogP contribution is -2.24. The van der Waals surface area contributed by atoms with Gasteiger partial charge in [-0.05, 0) is 5.67 Å². The zero-order valence-electron chi connectivity index (χ0n) is 4.38. The van der Waals surface area contributed by atoms with Gasteiger partial charge >= 0.3 is 0 Å². The van der Waals surface area contributed by atoms with Gasteiger partial charge in [-0.3, -0.25) is 0 Å². The summed E-state index contributed by atoms with van der Waals surface area (Å²) in [7, 11) is 1.22. The number of rotatable bonds is 0. The second kappa shape index (κ2) is 3.70. The van der Waals surface area contributed by atoms with Crippen LogP contribution >= 0.6 is 30.6 Å². The fourth-order valence-electron chi connectivity index (χ4n) is 0.667. The van der Waals surface area contributed by atoms with Crippen LogP contribution in [-0.4, -0.2) is 24.4 Å². The summed E-state index contributed by atoms with van der Waals surface area (Å²) in [5, 5.41) is 0. The van der Waals surface area contributed by atoms with Crippen molar-refractivity contribution in [1.82, 2.24) is 0 Å². The average molecular weight is 286 g/mol. The van der Waals surface area contributed by atoms with Crippen molar-refractivity contribution in [2.45, 2.75) is 17.0 Å². The molecule has 0 saturated carbocycles. The molecule has 0 bridgehead atoms. The monoisotopic (exact) mass is 284 g/mol. The first-order chi connectivity index (χ1) is 3.79. The Balaban J connectivity index is 2.23. The third kappa shape index (κ3) is 2.47. The van der Waals surface area contributed by atoms with Crippen LogP contribution in [-0.2, 0) is 0 Å². The Bertz CT molecular complexity index is 70.9. The van der Waals surface area contributed by atoms with Crippen LogP contribution in [0.3, 0.4) is 0 Å². The lowest BCUT2D eigenvalue weighted by atomic mass is 11.8. The summed E-state index contributed by atoms with van der Waals surface area (Å²) in [5.41, 5.74) is 4.55. The predicted molar refractivity (Wildman–Crippen MR) is 49.5 cm³/mol. The van der Waals surface area contributed by atoms with Crippen molar-refractivity contribution in [2.75, 3.05) is 0 Å². The van der Waals surface area contributed by atoms with Crippen molar-refractivity contribution in [3.05, 3.63) is 0 Å². The highest BCUT2D eigenvalue weighted by molar-refractivity contribution is 9.26. The Morgan fingerprint density at radius 3 is 1.88 bits per heavy atom. The summed E-state index contributed by atoms with van der Waals surface area (Å²) in [6.45, 7) is 0. The van der Waals surface area contributed by atoms with E-state index in [9.17, 15) is 0 Å². The predicted octanol–water partition coefficient (Wildman–Crippen LogP) is 1.93. The smallest absolute Gasteiger partial charge is 0.129 e. The number of halogens is 2. The van der Waals surface area contributed by atoms with Crippen LogP contribution in [0.4, 0.5) is 0 Å². The van der Waals surface area contributed by atoms with Gasteiger partial charge in [0.05, 0.1) is 0 Å². The molecule has 0 atom stereocenters. The van der Waals surface area contributed by atoms with E-state index in [4.69, 9.17) is 0 Å². The number of hydrogen-bond acceptors (Lipinski definition) is 0. The fraction of sp³-hybridized carbons (Fsp3) is 1.00. The molecule has 0 aromatic carbocycles. The third-order valence-corrected chi connectivity index (χ3v) is 19.2. The van der Waals surface area contributed by atoms with Crippen LogP contribution in [0.25, 0.3) is 0 Å². The van der Waals surface area contributed by atoms with Crippen LogP contribution in [0, 0.1) is 0 Å². The molecule has 0 aliphatic carbocycles. The van der Waals surface area contributed by atoms with E-state index in [1.807, 2.05) is 0 Å². The second-order valence-corrected chi connectivity index (χ2v) is 15.4. The standard InChI is InChI=1S/C3H6Br2Si3/c4-7-1-6-2-8(5)3-7/h1-3H2. The molecular formula is C3H6Br2Si3. The van der Waals surface area contributed by atoms with Crippen molar-refractivity contribution >= 4 is 54.9 Å². The van der Waals surface area contributed by atoms with E-state index in [0.29, 0.717) is 0 Å². The van der Waals surface area contributed by atoms with Gasteiger partial charge in [-0.1, -0.05) is 11.3 Å². The van der Waals surface area contributed by atoms with Crippen LogP contribution in [0.15, 0.2) is 0 Å². The van der Waals surface area contributed by atoms with Crippen molar-refractivity contribution in [3.8, 4) is 0 Å². The normalized spacial score (nSPS) is 26.2. The first kappa shape index (κ1) is 7.71. The third-order valence-electron chi connectivity index (χ3n) is 1.02. The summed E-state index contributed by atoms with van der Waals surface area (Å²) < 4.78 is 0. The van der Waals surface area contributed by atoms with Gasteiger partial charge in [0.1, 0.15) is 14.8 Å². The molecule has 1 saturated heterocycles. The van der Waals surface area contributed by atoms with Gasteiger partial charge in [0, 0.05) is 9.52 Å². The SMILES string of the molecule is Br[Si]1C[Si]C[Si](Br)C1. The molecule has 5 heteroatoms. The molecule has 1 rings (SSSR count). The summed E-state index contributed by atoms with van der Waals surface area (Å²) >= 11 is 7.47. The van der Waals surface area contributed by atoms with Crippen LogP contribution in [0.2, 0.25) is 17.0 Å². The highest BCUT2D eigenvalue weighted by atomic mass is 79.9. The van der Waals surface area contributed by atoms with Gasteiger partial charge in [-0.25, -0.2) is 0 Å². The molecular weight excluding hydrogens is 280 g/mol. The Kier molecular flexibility index (Phi) is 3.57. The molecule has 0 amide bonds. The zero-order chi connectivity index (χ0) is 5.98. The fourth-order valence-corrected chi connectivity index (χ4v) is 22.4. The van der Waals surface area contributed by atoms with Crippen molar-refractivity contribution in [2.24, 2.45) is 0 Å². The molecule has 0 unspecified atom stereocenters.